The molecule has 1 heterocycles. The molecule has 1 aliphatic heterocycles. The van der Waals surface area contributed by atoms with Crippen LogP contribution in [0.15, 0.2) is 29.4 Å². The number of allylic oxidation sites excluding steroid dienone is 4. The number of unbranched alkanes of at least 4 members (excludes halogenated alkanes) is 1. The molecule has 0 aromatic heterocycles. The van der Waals surface area contributed by atoms with Crippen LogP contribution in [0.3, 0.4) is 0 Å². The Morgan fingerprint density at radius 1 is 1.10 bits per heavy atom. The van der Waals surface area contributed by atoms with E-state index in [1.54, 1.807) is 0 Å². The molecule has 2 rings (SSSR count). The van der Waals surface area contributed by atoms with Crippen molar-refractivity contribution in [2.45, 2.75) is 98.5 Å². The molecule has 0 saturated heterocycles. The number of hydrogen-bond acceptors (Lipinski definition) is 2. The zero-order valence-corrected chi connectivity index (χ0v) is 19.2. The van der Waals surface area contributed by atoms with Crippen molar-refractivity contribution in [3.63, 3.8) is 0 Å². The average molecular weight is 395 g/mol. The third-order valence-corrected chi connectivity index (χ3v) is 5.92. The summed E-state index contributed by atoms with van der Waals surface area (Å²) in [6, 6.07) is 1.87. The van der Waals surface area contributed by atoms with Gasteiger partial charge in [-0.25, -0.2) is 0 Å². The van der Waals surface area contributed by atoms with Gasteiger partial charge in [-0.2, -0.15) is 0 Å². The largest absolute Gasteiger partial charge is 0.508 e. The SMILES string of the molecule is CC(C)=CCC/C(C)=C/CCC#CCCC1(C)CCc2cc(O)c(C)c(C)c2O1. The molecule has 29 heavy (non-hydrogen) atoms. The summed E-state index contributed by atoms with van der Waals surface area (Å²) in [5, 5.41) is 10.0. The van der Waals surface area contributed by atoms with E-state index in [-0.39, 0.29) is 5.60 Å². The van der Waals surface area contributed by atoms with Gasteiger partial charge in [-0.05, 0) is 103 Å². The van der Waals surface area contributed by atoms with Crippen molar-refractivity contribution in [2.24, 2.45) is 0 Å². The van der Waals surface area contributed by atoms with E-state index in [1.165, 1.54) is 11.1 Å². The van der Waals surface area contributed by atoms with Crippen LogP contribution in [0.1, 0.15) is 89.3 Å². The van der Waals surface area contributed by atoms with Crippen molar-refractivity contribution >= 4 is 0 Å². The molecular formula is C27H38O2. The van der Waals surface area contributed by atoms with Crippen LogP contribution in [0.5, 0.6) is 11.5 Å². The zero-order chi connectivity index (χ0) is 21.4. The molecule has 158 valence electrons. The van der Waals surface area contributed by atoms with Crippen molar-refractivity contribution in [3.05, 3.63) is 46.1 Å². The first-order chi connectivity index (χ1) is 13.7. The second-order valence-corrected chi connectivity index (χ2v) is 8.95. The quantitative estimate of drug-likeness (QED) is 0.297. The Kier molecular flexibility index (Phi) is 8.45. The van der Waals surface area contributed by atoms with Crippen LogP contribution in [0.2, 0.25) is 0 Å². The molecule has 2 heteroatoms. The van der Waals surface area contributed by atoms with Crippen molar-refractivity contribution in [1.29, 1.82) is 0 Å². The number of phenols is 1. The van der Waals surface area contributed by atoms with Crippen LogP contribution in [0.4, 0.5) is 0 Å². The second-order valence-electron chi connectivity index (χ2n) is 8.95. The summed E-state index contributed by atoms with van der Waals surface area (Å²) in [7, 11) is 0. The van der Waals surface area contributed by atoms with E-state index >= 15 is 0 Å². The van der Waals surface area contributed by atoms with Crippen LogP contribution in [0.25, 0.3) is 0 Å². The van der Waals surface area contributed by atoms with Gasteiger partial charge in [0.05, 0.1) is 0 Å². The van der Waals surface area contributed by atoms with Gasteiger partial charge in [-0.3, -0.25) is 0 Å². The first kappa shape index (κ1) is 23.1. The Labute approximate surface area is 178 Å². The average Bonchev–Trinajstić information content (AvgIpc) is 2.66. The van der Waals surface area contributed by atoms with Crippen LogP contribution >= 0.6 is 0 Å². The van der Waals surface area contributed by atoms with E-state index in [4.69, 9.17) is 4.74 Å². The highest BCUT2D eigenvalue weighted by molar-refractivity contribution is 5.53. The summed E-state index contributed by atoms with van der Waals surface area (Å²) in [5.41, 5.74) is 5.78. The molecule has 1 aromatic rings. The summed E-state index contributed by atoms with van der Waals surface area (Å²) in [4.78, 5) is 0. The minimum absolute atomic E-state index is 0.169. The normalized spacial score (nSPS) is 18.3. The van der Waals surface area contributed by atoms with Gasteiger partial charge < -0.3 is 9.84 Å². The third kappa shape index (κ3) is 7.00. The number of rotatable bonds is 7. The first-order valence-corrected chi connectivity index (χ1v) is 11.0. The molecule has 0 fully saturated rings. The Bertz CT molecular complexity index is 828. The summed E-state index contributed by atoms with van der Waals surface area (Å²) in [6.07, 6.45) is 12.6. The molecule has 0 spiro atoms. The number of benzene rings is 1. The van der Waals surface area contributed by atoms with Crippen molar-refractivity contribution in [1.82, 2.24) is 0 Å². The number of aromatic hydroxyl groups is 1. The third-order valence-electron chi connectivity index (χ3n) is 5.92. The van der Waals surface area contributed by atoms with E-state index in [0.29, 0.717) is 5.75 Å². The minimum atomic E-state index is -0.169. The lowest BCUT2D eigenvalue weighted by molar-refractivity contribution is 0.0566. The molecule has 0 aliphatic carbocycles. The van der Waals surface area contributed by atoms with Gasteiger partial charge >= 0.3 is 0 Å². The lowest BCUT2D eigenvalue weighted by Crippen LogP contribution is -2.36. The fourth-order valence-corrected chi connectivity index (χ4v) is 3.73. The van der Waals surface area contributed by atoms with E-state index in [2.05, 4.69) is 51.7 Å². The number of aryl methyl sites for hydroxylation is 1. The minimum Gasteiger partial charge on any atom is -0.508 e. The maximum Gasteiger partial charge on any atom is 0.126 e. The van der Waals surface area contributed by atoms with Crippen molar-refractivity contribution in [3.8, 4) is 23.3 Å². The highest BCUT2D eigenvalue weighted by Crippen LogP contribution is 2.41. The molecule has 1 N–H and O–H groups in total. The van der Waals surface area contributed by atoms with Gasteiger partial charge in [0.25, 0.3) is 0 Å². The topological polar surface area (TPSA) is 29.5 Å². The molecule has 0 bridgehead atoms. The maximum atomic E-state index is 10.0. The molecule has 2 nitrogen and oxygen atoms in total. The zero-order valence-electron chi connectivity index (χ0n) is 19.2. The van der Waals surface area contributed by atoms with Crippen LogP contribution in [-0.2, 0) is 6.42 Å². The van der Waals surface area contributed by atoms with Crippen LogP contribution < -0.4 is 4.74 Å². The standard InChI is InChI=1S/C27H38O2/c1-20(2)13-12-15-21(3)14-10-8-7-9-11-17-27(6)18-16-24-19-25(28)22(4)23(5)26(24)29-27/h13-14,19,28H,8,10-12,15-18H2,1-6H3/b21-14+. The monoisotopic (exact) mass is 394 g/mol. The van der Waals surface area contributed by atoms with Crippen LogP contribution in [-0.4, -0.2) is 10.7 Å². The summed E-state index contributed by atoms with van der Waals surface area (Å²) >= 11 is 0. The Morgan fingerprint density at radius 2 is 1.83 bits per heavy atom. The van der Waals surface area contributed by atoms with Gasteiger partial charge in [0.15, 0.2) is 0 Å². The summed E-state index contributed by atoms with van der Waals surface area (Å²) in [6.45, 7) is 12.7. The lowest BCUT2D eigenvalue weighted by Gasteiger charge is -2.37. The van der Waals surface area contributed by atoms with Crippen molar-refractivity contribution < 1.29 is 9.84 Å². The van der Waals surface area contributed by atoms with E-state index in [9.17, 15) is 5.11 Å². The Hall–Kier alpha value is -2.14. The van der Waals surface area contributed by atoms with Crippen molar-refractivity contribution in [2.75, 3.05) is 0 Å². The summed E-state index contributed by atoms with van der Waals surface area (Å²) in [5.74, 6) is 8.01. The van der Waals surface area contributed by atoms with Gasteiger partial charge in [0.1, 0.15) is 17.1 Å². The highest BCUT2D eigenvalue weighted by Gasteiger charge is 2.32. The molecule has 0 amide bonds. The van der Waals surface area contributed by atoms with Crippen LogP contribution in [0, 0.1) is 25.7 Å². The lowest BCUT2D eigenvalue weighted by atomic mass is 9.87. The number of fused-ring (bicyclic) bond motifs is 1. The Morgan fingerprint density at radius 3 is 2.55 bits per heavy atom. The smallest absolute Gasteiger partial charge is 0.126 e. The predicted octanol–water partition coefficient (Wildman–Crippen LogP) is 7.35. The predicted molar refractivity (Wildman–Crippen MR) is 124 cm³/mol. The van der Waals surface area contributed by atoms with E-state index < -0.39 is 0 Å². The number of phenolic OH excluding ortho intramolecular Hbond substituents is 1. The number of hydrogen-bond donors (Lipinski definition) is 1. The summed E-state index contributed by atoms with van der Waals surface area (Å²) < 4.78 is 6.41. The van der Waals surface area contributed by atoms with E-state index in [1.807, 2.05) is 19.9 Å². The molecule has 1 unspecified atom stereocenters. The molecule has 0 saturated carbocycles. The van der Waals surface area contributed by atoms with Gasteiger partial charge in [0.2, 0.25) is 0 Å². The highest BCUT2D eigenvalue weighted by atomic mass is 16.5. The van der Waals surface area contributed by atoms with Gasteiger partial charge in [-0.15, -0.1) is 11.8 Å². The molecule has 1 aromatic carbocycles. The molecule has 1 atom stereocenters. The second kappa shape index (κ2) is 10.6. The molecule has 0 radical (unpaired) electrons. The Balaban J connectivity index is 1.79. The molecular weight excluding hydrogens is 356 g/mol. The molecule has 1 aliphatic rings. The fourth-order valence-electron chi connectivity index (χ4n) is 3.73. The maximum absolute atomic E-state index is 10.0. The fraction of sp³-hybridized carbons (Fsp3) is 0.556. The van der Waals surface area contributed by atoms with Gasteiger partial charge in [0, 0.05) is 12.8 Å². The first-order valence-electron chi connectivity index (χ1n) is 11.0. The number of ether oxygens (including phenoxy) is 1. The van der Waals surface area contributed by atoms with E-state index in [0.717, 1.165) is 73.8 Å². The van der Waals surface area contributed by atoms with Gasteiger partial charge in [-0.1, -0.05) is 23.3 Å².